The second kappa shape index (κ2) is 8.19. The van der Waals surface area contributed by atoms with Gasteiger partial charge in [0.05, 0.1) is 10.7 Å². The lowest BCUT2D eigenvalue weighted by atomic mass is 10.1. The van der Waals surface area contributed by atoms with Gasteiger partial charge in [-0.2, -0.15) is 0 Å². The van der Waals surface area contributed by atoms with Crippen molar-refractivity contribution in [2.24, 2.45) is 5.16 Å². The highest BCUT2D eigenvalue weighted by Gasteiger charge is 2.13. The maximum Gasteiger partial charge on any atom is 0.272 e. The summed E-state index contributed by atoms with van der Waals surface area (Å²) in [5.41, 5.74) is 1.58. The summed E-state index contributed by atoms with van der Waals surface area (Å²) >= 11 is 6.08. The Kier molecular flexibility index (Phi) is 6.00. The molecule has 23 heavy (non-hydrogen) atoms. The fourth-order valence-corrected chi connectivity index (χ4v) is 2.17. The standard InChI is InChI=1S/C17H17ClN2O3/c1-20(17(21)11-19-22-2)15-9-5-3-7-13(15)12-23-16-10-6-4-8-14(16)18/h3-11H,12H2,1-2H3. The predicted octanol–water partition coefficient (Wildman–Crippen LogP) is 3.51. The van der Waals surface area contributed by atoms with Crippen LogP contribution in [0.15, 0.2) is 53.7 Å². The molecule has 2 rings (SSSR count). The molecule has 120 valence electrons. The third-order valence-corrected chi connectivity index (χ3v) is 3.48. The number of hydrogen-bond donors (Lipinski definition) is 0. The molecule has 0 saturated carbocycles. The number of para-hydroxylation sites is 2. The fraction of sp³-hybridized carbons (Fsp3) is 0.176. The number of anilines is 1. The van der Waals surface area contributed by atoms with Gasteiger partial charge in [0.1, 0.15) is 25.7 Å². The molecule has 0 heterocycles. The average Bonchev–Trinajstić information content (AvgIpc) is 2.58. The molecule has 0 bridgehead atoms. The topological polar surface area (TPSA) is 51.1 Å². The lowest BCUT2D eigenvalue weighted by Crippen LogP contribution is -2.28. The maximum absolute atomic E-state index is 12.0. The van der Waals surface area contributed by atoms with E-state index in [9.17, 15) is 4.79 Å². The molecule has 0 saturated heterocycles. The van der Waals surface area contributed by atoms with E-state index in [1.54, 1.807) is 19.2 Å². The Morgan fingerprint density at radius 2 is 1.91 bits per heavy atom. The minimum absolute atomic E-state index is 0.291. The van der Waals surface area contributed by atoms with Crippen LogP contribution in [0.1, 0.15) is 5.56 Å². The first kappa shape index (κ1) is 16.8. The molecule has 2 aromatic rings. The summed E-state index contributed by atoms with van der Waals surface area (Å²) < 4.78 is 5.75. The monoisotopic (exact) mass is 332 g/mol. The van der Waals surface area contributed by atoms with E-state index in [1.165, 1.54) is 12.0 Å². The van der Waals surface area contributed by atoms with Crippen LogP contribution < -0.4 is 9.64 Å². The molecule has 0 aliphatic heterocycles. The van der Waals surface area contributed by atoms with Crippen LogP contribution in [-0.4, -0.2) is 26.3 Å². The van der Waals surface area contributed by atoms with Gasteiger partial charge in [0.15, 0.2) is 0 Å². The Hall–Kier alpha value is -2.53. The van der Waals surface area contributed by atoms with E-state index in [0.717, 1.165) is 17.5 Å². The lowest BCUT2D eigenvalue weighted by Gasteiger charge is -2.19. The van der Waals surface area contributed by atoms with Crippen LogP contribution in [0.25, 0.3) is 0 Å². The first-order chi connectivity index (χ1) is 11.1. The smallest absolute Gasteiger partial charge is 0.272 e. The highest BCUT2D eigenvalue weighted by Crippen LogP contribution is 2.26. The van der Waals surface area contributed by atoms with Crippen molar-refractivity contribution in [3.8, 4) is 5.75 Å². The highest BCUT2D eigenvalue weighted by atomic mass is 35.5. The number of nitrogens with zero attached hydrogens (tertiary/aromatic N) is 2. The zero-order valence-electron chi connectivity index (χ0n) is 12.9. The molecule has 0 spiro atoms. The van der Waals surface area contributed by atoms with Gasteiger partial charge in [0, 0.05) is 12.6 Å². The van der Waals surface area contributed by atoms with Crippen molar-refractivity contribution in [3.63, 3.8) is 0 Å². The Balaban J connectivity index is 2.16. The highest BCUT2D eigenvalue weighted by molar-refractivity contribution is 6.32. The largest absolute Gasteiger partial charge is 0.487 e. The lowest BCUT2D eigenvalue weighted by molar-refractivity contribution is -0.112. The van der Waals surface area contributed by atoms with Gasteiger partial charge >= 0.3 is 0 Å². The molecule has 6 heteroatoms. The van der Waals surface area contributed by atoms with Gasteiger partial charge in [-0.15, -0.1) is 0 Å². The van der Waals surface area contributed by atoms with Crippen molar-refractivity contribution in [3.05, 3.63) is 59.1 Å². The van der Waals surface area contributed by atoms with Crippen LogP contribution in [0.2, 0.25) is 5.02 Å². The summed E-state index contributed by atoms with van der Waals surface area (Å²) in [5, 5.41) is 4.03. The van der Waals surface area contributed by atoms with Crippen LogP contribution in [0.3, 0.4) is 0 Å². The number of oxime groups is 1. The summed E-state index contributed by atoms with van der Waals surface area (Å²) in [4.78, 5) is 18.0. The van der Waals surface area contributed by atoms with Gasteiger partial charge in [-0.25, -0.2) is 0 Å². The van der Waals surface area contributed by atoms with E-state index in [4.69, 9.17) is 16.3 Å². The molecular weight excluding hydrogens is 316 g/mol. The van der Waals surface area contributed by atoms with Gasteiger partial charge in [-0.3, -0.25) is 4.79 Å². The van der Waals surface area contributed by atoms with Crippen LogP contribution in [0, 0.1) is 0 Å². The van der Waals surface area contributed by atoms with Crippen molar-refractivity contribution in [1.82, 2.24) is 0 Å². The SMILES string of the molecule is CON=CC(=O)N(C)c1ccccc1COc1ccccc1Cl. The number of benzene rings is 2. The molecular formula is C17H17ClN2O3. The normalized spacial score (nSPS) is 10.6. The van der Waals surface area contributed by atoms with Crippen LogP contribution >= 0.6 is 11.6 Å². The number of hydrogen-bond acceptors (Lipinski definition) is 4. The number of halogens is 1. The summed E-state index contributed by atoms with van der Waals surface area (Å²) in [6.07, 6.45) is 1.12. The van der Waals surface area contributed by atoms with E-state index in [-0.39, 0.29) is 5.91 Å². The van der Waals surface area contributed by atoms with Gasteiger partial charge < -0.3 is 14.5 Å². The quantitative estimate of drug-likeness (QED) is 0.601. The van der Waals surface area contributed by atoms with E-state index >= 15 is 0 Å². The van der Waals surface area contributed by atoms with Gasteiger partial charge in [0.25, 0.3) is 5.91 Å². The molecule has 0 fully saturated rings. The average molecular weight is 333 g/mol. The Morgan fingerprint density at radius 1 is 1.22 bits per heavy atom. The Morgan fingerprint density at radius 3 is 2.65 bits per heavy atom. The van der Waals surface area contributed by atoms with Crippen molar-refractivity contribution < 1.29 is 14.4 Å². The third kappa shape index (κ3) is 4.47. The minimum atomic E-state index is -0.294. The summed E-state index contributed by atoms with van der Waals surface area (Å²) in [7, 11) is 3.05. The molecule has 0 radical (unpaired) electrons. The second-order valence-corrected chi connectivity index (χ2v) is 5.07. The molecule has 2 aromatic carbocycles. The van der Waals surface area contributed by atoms with Crippen molar-refractivity contribution in [2.45, 2.75) is 6.61 Å². The zero-order chi connectivity index (χ0) is 16.7. The van der Waals surface area contributed by atoms with E-state index in [1.807, 2.05) is 36.4 Å². The summed E-state index contributed by atoms with van der Waals surface area (Å²) in [6, 6.07) is 14.7. The van der Waals surface area contributed by atoms with E-state index in [0.29, 0.717) is 17.4 Å². The van der Waals surface area contributed by atoms with E-state index < -0.39 is 0 Å². The molecule has 0 unspecified atom stereocenters. The molecule has 5 nitrogen and oxygen atoms in total. The zero-order valence-corrected chi connectivity index (χ0v) is 13.7. The number of ether oxygens (including phenoxy) is 1. The molecule has 0 aliphatic carbocycles. The second-order valence-electron chi connectivity index (χ2n) is 4.66. The molecule has 0 N–H and O–H groups in total. The van der Waals surface area contributed by atoms with Crippen molar-refractivity contribution in [2.75, 3.05) is 19.1 Å². The number of amides is 1. The first-order valence-corrected chi connectivity index (χ1v) is 7.30. The summed E-state index contributed by atoms with van der Waals surface area (Å²) in [6.45, 7) is 0.291. The Bertz CT molecular complexity index is 704. The first-order valence-electron chi connectivity index (χ1n) is 6.93. The van der Waals surface area contributed by atoms with Crippen LogP contribution in [-0.2, 0) is 16.2 Å². The molecule has 1 amide bonds. The number of carbonyl (C=O) groups is 1. The van der Waals surface area contributed by atoms with Gasteiger partial charge in [-0.05, 0) is 18.2 Å². The van der Waals surface area contributed by atoms with E-state index in [2.05, 4.69) is 9.99 Å². The third-order valence-electron chi connectivity index (χ3n) is 3.17. The molecule has 0 atom stereocenters. The predicted molar refractivity (Wildman–Crippen MR) is 91.1 cm³/mol. The maximum atomic E-state index is 12.0. The van der Waals surface area contributed by atoms with Gasteiger partial charge in [0.2, 0.25) is 0 Å². The van der Waals surface area contributed by atoms with Crippen molar-refractivity contribution in [1.29, 1.82) is 0 Å². The fourth-order valence-electron chi connectivity index (χ4n) is 1.98. The van der Waals surface area contributed by atoms with Crippen LogP contribution in [0.5, 0.6) is 5.75 Å². The Labute approximate surface area is 140 Å². The van der Waals surface area contributed by atoms with Crippen LogP contribution in [0.4, 0.5) is 5.69 Å². The number of rotatable bonds is 6. The van der Waals surface area contributed by atoms with Crippen molar-refractivity contribution >= 4 is 29.4 Å². The number of carbonyl (C=O) groups excluding carboxylic acids is 1. The minimum Gasteiger partial charge on any atom is -0.487 e. The molecule has 0 aliphatic rings. The summed E-state index contributed by atoms with van der Waals surface area (Å²) in [5.74, 6) is 0.302. The van der Waals surface area contributed by atoms with Gasteiger partial charge in [-0.1, -0.05) is 47.1 Å². The molecule has 0 aromatic heterocycles.